The molecular weight excluding hydrogens is 505 g/mol. The first-order chi connectivity index (χ1) is 18.8. The van der Waals surface area contributed by atoms with E-state index in [1.807, 2.05) is 31.2 Å². The van der Waals surface area contributed by atoms with Crippen molar-refractivity contribution in [2.24, 2.45) is 23.5 Å². The summed E-state index contributed by atoms with van der Waals surface area (Å²) < 4.78 is 20.5. The van der Waals surface area contributed by atoms with Crippen molar-refractivity contribution in [3.8, 4) is 5.75 Å². The number of rotatable bonds is 10. The molecule has 39 heavy (non-hydrogen) atoms. The molecule has 5 N–H and O–H groups in total. The summed E-state index contributed by atoms with van der Waals surface area (Å²) in [6.07, 6.45) is 5.92. The van der Waals surface area contributed by atoms with Gasteiger partial charge < -0.3 is 31.1 Å². The second-order valence-corrected chi connectivity index (χ2v) is 10.3. The number of amides is 2. The van der Waals surface area contributed by atoms with Crippen molar-refractivity contribution in [3.05, 3.63) is 47.9 Å². The van der Waals surface area contributed by atoms with Crippen molar-refractivity contribution in [1.29, 1.82) is 0 Å². The zero-order valence-corrected chi connectivity index (χ0v) is 21.8. The third-order valence-electron chi connectivity index (χ3n) is 7.77. The first kappa shape index (κ1) is 26.8. The quantitative estimate of drug-likeness (QED) is 0.328. The number of hydrogen-bond donors (Lipinski definition) is 4. The molecule has 1 saturated heterocycles. The molecule has 1 saturated carbocycles. The van der Waals surface area contributed by atoms with E-state index in [9.17, 15) is 14.0 Å². The Bertz CT molecular complexity index is 1250. The first-order valence-electron chi connectivity index (χ1n) is 13.2. The molecule has 12 heteroatoms. The van der Waals surface area contributed by atoms with Gasteiger partial charge in [-0.2, -0.15) is 4.98 Å². The summed E-state index contributed by atoms with van der Waals surface area (Å²) >= 11 is 0. The van der Waals surface area contributed by atoms with E-state index in [1.54, 1.807) is 11.0 Å². The van der Waals surface area contributed by atoms with Gasteiger partial charge in [0.15, 0.2) is 18.2 Å². The van der Waals surface area contributed by atoms with E-state index < -0.39 is 17.6 Å². The molecule has 11 nitrogen and oxygen atoms in total. The maximum atomic E-state index is 14.6. The number of allylic oxidation sites excluding steroid dienone is 1. The molecule has 2 aliphatic carbocycles. The Morgan fingerprint density at radius 3 is 2.72 bits per heavy atom. The molecule has 2 aromatic rings. The Hall–Kier alpha value is -3.77. The third-order valence-corrected chi connectivity index (χ3v) is 7.77. The van der Waals surface area contributed by atoms with Crippen LogP contribution in [-0.4, -0.2) is 88.7 Å². The maximum absolute atomic E-state index is 14.6. The van der Waals surface area contributed by atoms with Crippen LogP contribution in [0.5, 0.6) is 5.75 Å². The van der Waals surface area contributed by atoms with E-state index in [0.29, 0.717) is 31.1 Å². The smallest absolute Gasteiger partial charge is 0.260 e. The summed E-state index contributed by atoms with van der Waals surface area (Å²) in [4.78, 5) is 36.9. The first-order valence-corrected chi connectivity index (χ1v) is 13.2. The fraction of sp³-hybridized carbons (Fsp3) is 0.481. The fourth-order valence-corrected chi connectivity index (χ4v) is 5.65. The minimum Gasteiger partial charge on any atom is -0.483 e. The standard InChI is InChI=1S/C27H34FN7O4/c1-16-2-5-19(13-21(16)39-15-22(37)35-8-6-34(7-9-35)10-11-36)31-27-30-14-20(28)26(33-27)32-24-18-4-3-17(12-18)23(24)25(29)38/h2-5,13-14,17-18,23-24,36H,6-12,15H2,1H3,(H2,29,38)(H2,30,31,32,33). The zero-order chi connectivity index (χ0) is 27.5. The van der Waals surface area contributed by atoms with Gasteiger partial charge >= 0.3 is 0 Å². The lowest BCUT2D eigenvalue weighted by Crippen LogP contribution is -2.50. The van der Waals surface area contributed by atoms with E-state index in [4.69, 9.17) is 15.6 Å². The molecule has 4 unspecified atom stereocenters. The Kier molecular flexibility index (Phi) is 7.94. The van der Waals surface area contributed by atoms with Crippen LogP contribution < -0.4 is 21.1 Å². The molecule has 0 spiro atoms. The number of fused-ring (bicyclic) bond motifs is 2. The number of benzene rings is 1. The molecule has 3 aliphatic rings. The van der Waals surface area contributed by atoms with Crippen molar-refractivity contribution in [3.63, 3.8) is 0 Å². The Balaban J connectivity index is 1.21. The van der Waals surface area contributed by atoms with Crippen molar-refractivity contribution in [1.82, 2.24) is 19.8 Å². The van der Waals surface area contributed by atoms with Gasteiger partial charge in [-0.25, -0.2) is 9.37 Å². The molecule has 208 valence electrons. The van der Waals surface area contributed by atoms with Gasteiger partial charge in [-0.1, -0.05) is 18.2 Å². The molecule has 4 atom stereocenters. The fourth-order valence-electron chi connectivity index (χ4n) is 5.65. The number of nitrogens with zero attached hydrogens (tertiary/aromatic N) is 4. The number of aliphatic hydroxyl groups excluding tert-OH is 1. The van der Waals surface area contributed by atoms with Crippen LogP contribution in [0, 0.1) is 30.5 Å². The summed E-state index contributed by atoms with van der Waals surface area (Å²) in [6.45, 7) is 5.15. The highest BCUT2D eigenvalue weighted by molar-refractivity contribution is 5.80. The van der Waals surface area contributed by atoms with E-state index in [-0.39, 0.29) is 48.8 Å². The zero-order valence-electron chi connectivity index (χ0n) is 21.8. The Labute approximate surface area is 226 Å². The maximum Gasteiger partial charge on any atom is 0.260 e. The second-order valence-electron chi connectivity index (χ2n) is 10.3. The average molecular weight is 540 g/mol. The molecule has 2 bridgehead atoms. The number of nitrogens with one attached hydrogen (secondary N) is 2. The Morgan fingerprint density at radius 1 is 1.21 bits per heavy atom. The summed E-state index contributed by atoms with van der Waals surface area (Å²) in [7, 11) is 0. The number of ether oxygens (including phenoxy) is 1. The number of carbonyl (C=O) groups excluding carboxylic acids is 2. The van der Waals surface area contributed by atoms with Gasteiger partial charge in [-0.15, -0.1) is 0 Å². The predicted octanol–water partition coefficient (Wildman–Crippen LogP) is 1.27. The summed E-state index contributed by atoms with van der Waals surface area (Å²) in [6, 6.07) is 5.07. The van der Waals surface area contributed by atoms with Crippen LogP contribution in [0.2, 0.25) is 0 Å². The summed E-state index contributed by atoms with van der Waals surface area (Å²) in [5.74, 6) is -0.716. The molecule has 2 amide bonds. The number of anilines is 3. The summed E-state index contributed by atoms with van der Waals surface area (Å²) in [5.41, 5.74) is 7.09. The number of β-amino-alcohol motifs (C(OH)–C–C–N with tert-alkyl or cyclic N) is 1. The van der Waals surface area contributed by atoms with Gasteiger partial charge in [-0.3, -0.25) is 14.5 Å². The number of halogens is 1. The predicted molar refractivity (Wildman–Crippen MR) is 143 cm³/mol. The number of aromatic nitrogens is 2. The molecule has 1 aromatic carbocycles. The summed E-state index contributed by atoms with van der Waals surface area (Å²) in [5, 5.41) is 15.2. The third kappa shape index (κ3) is 5.96. The molecule has 2 heterocycles. The lowest BCUT2D eigenvalue weighted by molar-refractivity contribution is -0.135. The van der Waals surface area contributed by atoms with Crippen molar-refractivity contribution in [2.75, 3.05) is 56.6 Å². The number of primary amides is 1. The number of nitrogens with two attached hydrogens (primary N) is 1. The van der Waals surface area contributed by atoms with Gasteiger partial charge in [-0.05, 0) is 36.8 Å². The van der Waals surface area contributed by atoms with E-state index in [0.717, 1.165) is 31.3 Å². The van der Waals surface area contributed by atoms with Crippen LogP contribution in [0.15, 0.2) is 36.5 Å². The molecule has 2 fully saturated rings. The van der Waals surface area contributed by atoms with Gasteiger partial charge in [0.2, 0.25) is 11.9 Å². The molecular formula is C27H34FN7O4. The van der Waals surface area contributed by atoms with E-state index >= 15 is 0 Å². The second kappa shape index (κ2) is 11.5. The SMILES string of the molecule is Cc1ccc(Nc2ncc(F)c(NC3C4C=CC(C4)C3C(N)=O)n2)cc1OCC(=O)N1CCN(CCO)CC1. The lowest BCUT2D eigenvalue weighted by Gasteiger charge is -2.34. The number of aliphatic hydroxyl groups is 1. The van der Waals surface area contributed by atoms with Crippen LogP contribution >= 0.6 is 0 Å². The molecule has 0 radical (unpaired) electrons. The van der Waals surface area contributed by atoms with Crippen LogP contribution in [0.1, 0.15) is 12.0 Å². The van der Waals surface area contributed by atoms with Gasteiger partial charge in [0, 0.05) is 50.5 Å². The highest BCUT2D eigenvalue weighted by Crippen LogP contribution is 2.45. The molecule has 1 aromatic heterocycles. The highest BCUT2D eigenvalue weighted by Gasteiger charge is 2.47. The van der Waals surface area contributed by atoms with E-state index in [1.165, 1.54) is 0 Å². The van der Waals surface area contributed by atoms with Gasteiger partial charge in [0.05, 0.1) is 18.7 Å². The van der Waals surface area contributed by atoms with Gasteiger partial charge in [0.25, 0.3) is 5.91 Å². The van der Waals surface area contributed by atoms with Gasteiger partial charge in [0.1, 0.15) is 5.75 Å². The minimum absolute atomic E-state index is 0.00188. The molecule has 1 aliphatic heterocycles. The van der Waals surface area contributed by atoms with E-state index in [2.05, 4.69) is 25.5 Å². The van der Waals surface area contributed by atoms with Crippen LogP contribution in [-0.2, 0) is 9.59 Å². The highest BCUT2D eigenvalue weighted by atomic mass is 19.1. The number of hydrogen-bond acceptors (Lipinski definition) is 9. The Morgan fingerprint density at radius 2 is 1.97 bits per heavy atom. The topological polar surface area (TPSA) is 146 Å². The molecule has 5 rings (SSSR count). The van der Waals surface area contributed by atoms with Crippen LogP contribution in [0.3, 0.4) is 0 Å². The van der Waals surface area contributed by atoms with Crippen LogP contribution in [0.4, 0.5) is 21.8 Å². The van der Waals surface area contributed by atoms with Crippen LogP contribution in [0.25, 0.3) is 0 Å². The largest absolute Gasteiger partial charge is 0.483 e. The number of piperazine rings is 1. The average Bonchev–Trinajstić information content (AvgIpc) is 3.53. The van der Waals surface area contributed by atoms with Crippen molar-refractivity contribution in [2.45, 2.75) is 19.4 Å². The normalized spacial score (nSPS) is 24.1. The lowest BCUT2D eigenvalue weighted by atomic mass is 9.88. The number of aryl methyl sites for hydroxylation is 1. The van der Waals surface area contributed by atoms with Crippen molar-refractivity contribution >= 4 is 29.3 Å². The minimum atomic E-state index is -0.626. The monoisotopic (exact) mass is 539 g/mol. The van der Waals surface area contributed by atoms with Crippen molar-refractivity contribution < 1.29 is 23.8 Å². The number of carbonyl (C=O) groups is 2.